The van der Waals surface area contributed by atoms with Crippen LogP contribution in [-0.4, -0.2) is 36.7 Å². The number of methoxy groups -OCH3 is 1. The summed E-state index contributed by atoms with van der Waals surface area (Å²) >= 11 is 1.86. The molecule has 1 rings (SSSR count). The van der Waals surface area contributed by atoms with Crippen molar-refractivity contribution < 1.29 is 4.74 Å². The molecule has 0 aromatic carbocycles. The van der Waals surface area contributed by atoms with E-state index in [0.717, 1.165) is 11.7 Å². The predicted molar refractivity (Wildman–Crippen MR) is 76.9 cm³/mol. The second-order valence-electron chi connectivity index (χ2n) is 5.56. The molecule has 1 aliphatic heterocycles. The van der Waals surface area contributed by atoms with Crippen LogP contribution < -0.4 is 5.32 Å². The van der Waals surface area contributed by atoms with Crippen molar-refractivity contribution in [3.63, 3.8) is 0 Å². The van der Waals surface area contributed by atoms with Gasteiger partial charge >= 0.3 is 0 Å². The van der Waals surface area contributed by atoms with Crippen LogP contribution in [0.1, 0.15) is 40.5 Å². The number of ether oxygens (including phenoxy) is 1. The van der Waals surface area contributed by atoms with Gasteiger partial charge in [-0.15, -0.1) is 0 Å². The second kappa shape index (κ2) is 6.10. The molecule has 0 bridgehead atoms. The Balaban J connectivity index is 2.57. The number of hydrogen-bond acceptors (Lipinski definition) is 4. The Morgan fingerprint density at radius 1 is 1.41 bits per heavy atom. The van der Waals surface area contributed by atoms with E-state index in [1.165, 1.54) is 18.6 Å². The van der Waals surface area contributed by atoms with E-state index in [1.807, 2.05) is 11.8 Å². The molecule has 0 aliphatic carbocycles. The molecule has 0 saturated heterocycles. The standard InChI is InChI=1S/C13H26N2OS/c1-6-13(7-2)8-14-11(17-10-13)15-12(3,4)9-16-5/h6-10H2,1-5H3,(H,14,15). The van der Waals surface area contributed by atoms with Crippen molar-refractivity contribution in [2.75, 3.05) is 26.0 Å². The van der Waals surface area contributed by atoms with Crippen LogP contribution in [0.15, 0.2) is 4.99 Å². The highest BCUT2D eigenvalue weighted by atomic mass is 32.2. The van der Waals surface area contributed by atoms with Crippen LogP contribution in [0.2, 0.25) is 0 Å². The van der Waals surface area contributed by atoms with E-state index >= 15 is 0 Å². The number of amidine groups is 1. The molecular formula is C13H26N2OS. The topological polar surface area (TPSA) is 33.6 Å². The van der Waals surface area contributed by atoms with Crippen molar-refractivity contribution in [1.29, 1.82) is 0 Å². The van der Waals surface area contributed by atoms with Gasteiger partial charge in [0.2, 0.25) is 0 Å². The zero-order chi connectivity index (χ0) is 12.9. The maximum absolute atomic E-state index is 5.20. The molecule has 0 fully saturated rings. The van der Waals surface area contributed by atoms with E-state index in [-0.39, 0.29) is 5.54 Å². The minimum absolute atomic E-state index is 0.0426. The molecule has 0 amide bonds. The third kappa shape index (κ3) is 4.18. The molecule has 17 heavy (non-hydrogen) atoms. The quantitative estimate of drug-likeness (QED) is 0.823. The van der Waals surface area contributed by atoms with Crippen LogP contribution in [0.3, 0.4) is 0 Å². The zero-order valence-corrected chi connectivity index (χ0v) is 12.6. The fraction of sp³-hybridized carbons (Fsp3) is 0.923. The maximum Gasteiger partial charge on any atom is 0.157 e. The van der Waals surface area contributed by atoms with Gasteiger partial charge in [0, 0.05) is 19.4 Å². The van der Waals surface area contributed by atoms with Gasteiger partial charge in [-0.05, 0) is 32.1 Å². The van der Waals surface area contributed by atoms with Crippen LogP contribution in [0.5, 0.6) is 0 Å². The van der Waals surface area contributed by atoms with Gasteiger partial charge < -0.3 is 10.1 Å². The minimum atomic E-state index is -0.0426. The molecule has 3 nitrogen and oxygen atoms in total. The van der Waals surface area contributed by atoms with Crippen LogP contribution in [0.4, 0.5) is 0 Å². The number of hydrogen-bond donors (Lipinski definition) is 1. The molecule has 0 spiro atoms. The van der Waals surface area contributed by atoms with E-state index in [9.17, 15) is 0 Å². The average molecular weight is 258 g/mol. The molecule has 0 unspecified atom stereocenters. The van der Waals surface area contributed by atoms with Gasteiger partial charge in [0.15, 0.2) is 5.17 Å². The van der Waals surface area contributed by atoms with Gasteiger partial charge in [-0.1, -0.05) is 25.6 Å². The van der Waals surface area contributed by atoms with E-state index in [2.05, 4.69) is 33.0 Å². The first-order valence-electron chi connectivity index (χ1n) is 6.41. The summed E-state index contributed by atoms with van der Waals surface area (Å²) in [7, 11) is 1.73. The lowest BCUT2D eigenvalue weighted by atomic mass is 9.84. The summed E-state index contributed by atoms with van der Waals surface area (Å²) in [5.41, 5.74) is 0.375. The largest absolute Gasteiger partial charge is 0.382 e. The first kappa shape index (κ1) is 14.8. The fourth-order valence-electron chi connectivity index (χ4n) is 1.99. The van der Waals surface area contributed by atoms with E-state index in [1.54, 1.807) is 7.11 Å². The highest BCUT2D eigenvalue weighted by molar-refractivity contribution is 8.13. The number of thioether (sulfide) groups is 1. The molecule has 0 saturated carbocycles. The van der Waals surface area contributed by atoms with E-state index in [0.29, 0.717) is 12.0 Å². The van der Waals surface area contributed by atoms with Gasteiger partial charge in [0.05, 0.1) is 12.1 Å². The molecule has 100 valence electrons. The Morgan fingerprint density at radius 2 is 2.06 bits per heavy atom. The molecule has 0 aromatic rings. The molecule has 1 heterocycles. The second-order valence-corrected chi connectivity index (χ2v) is 6.52. The van der Waals surface area contributed by atoms with Crippen molar-refractivity contribution in [2.24, 2.45) is 10.4 Å². The third-order valence-electron chi connectivity index (χ3n) is 3.52. The molecule has 0 atom stereocenters. The Bertz CT molecular complexity index is 273. The van der Waals surface area contributed by atoms with Crippen LogP contribution >= 0.6 is 11.8 Å². The highest BCUT2D eigenvalue weighted by Crippen LogP contribution is 2.35. The number of rotatable bonds is 5. The SMILES string of the molecule is CCC1(CC)CN=C(NC(C)(C)COC)SC1. The number of nitrogens with zero attached hydrogens (tertiary/aromatic N) is 1. The Morgan fingerprint density at radius 3 is 2.47 bits per heavy atom. The smallest absolute Gasteiger partial charge is 0.157 e. The summed E-state index contributed by atoms with van der Waals surface area (Å²) in [5, 5.41) is 4.54. The summed E-state index contributed by atoms with van der Waals surface area (Å²) in [6.45, 7) is 10.5. The van der Waals surface area contributed by atoms with Crippen molar-refractivity contribution in [1.82, 2.24) is 5.32 Å². The van der Waals surface area contributed by atoms with Gasteiger partial charge in [0.1, 0.15) is 0 Å². The average Bonchev–Trinajstić information content (AvgIpc) is 2.30. The summed E-state index contributed by atoms with van der Waals surface area (Å²) in [6.07, 6.45) is 2.43. The van der Waals surface area contributed by atoms with Crippen molar-refractivity contribution in [3.8, 4) is 0 Å². The molecule has 1 aliphatic rings. The van der Waals surface area contributed by atoms with Crippen LogP contribution in [0, 0.1) is 5.41 Å². The summed E-state index contributed by atoms with van der Waals surface area (Å²) < 4.78 is 5.20. The first-order valence-corrected chi connectivity index (χ1v) is 7.40. The summed E-state index contributed by atoms with van der Waals surface area (Å²) in [4.78, 5) is 4.71. The van der Waals surface area contributed by atoms with E-state index in [4.69, 9.17) is 9.73 Å². The monoisotopic (exact) mass is 258 g/mol. The third-order valence-corrected chi connectivity index (χ3v) is 4.78. The fourth-order valence-corrected chi connectivity index (χ4v) is 3.44. The van der Waals surface area contributed by atoms with Crippen molar-refractivity contribution >= 4 is 16.9 Å². The number of nitrogens with one attached hydrogen (secondary N) is 1. The van der Waals surface area contributed by atoms with Crippen molar-refractivity contribution in [2.45, 2.75) is 46.1 Å². The van der Waals surface area contributed by atoms with Gasteiger partial charge in [-0.25, -0.2) is 0 Å². The summed E-state index contributed by atoms with van der Waals surface area (Å²) in [5.74, 6) is 1.18. The van der Waals surface area contributed by atoms with Crippen LogP contribution in [-0.2, 0) is 4.74 Å². The lowest BCUT2D eigenvalue weighted by molar-refractivity contribution is 0.140. The predicted octanol–water partition coefficient (Wildman–Crippen LogP) is 2.91. The molecule has 1 N–H and O–H groups in total. The molecular weight excluding hydrogens is 232 g/mol. The molecule has 0 aromatic heterocycles. The van der Waals surface area contributed by atoms with Gasteiger partial charge in [-0.3, -0.25) is 4.99 Å². The molecule has 0 radical (unpaired) electrons. The number of aliphatic imine (C=N–C) groups is 1. The van der Waals surface area contributed by atoms with Gasteiger partial charge in [0.25, 0.3) is 0 Å². The zero-order valence-electron chi connectivity index (χ0n) is 11.8. The Labute approximate surface area is 110 Å². The Kier molecular flexibility index (Phi) is 5.32. The lowest BCUT2D eigenvalue weighted by Gasteiger charge is -2.35. The Hall–Kier alpha value is -0.220. The normalized spacial score (nSPS) is 19.9. The van der Waals surface area contributed by atoms with Crippen LogP contribution in [0.25, 0.3) is 0 Å². The minimum Gasteiger partial charge on any atom is -0.382 e. The van der Waals surface area contributed by atoms with E-state index < -0.39 is 0 Å². The van der Waals surface area contributed by atoms with Crippen molar-refractivity contribution in [3.05, 3.63) is 0 Å². The highest BCUT2D eigenvalue weighted by Gasteiger charge is 2.31. The lowest BCUT2D eigenvalue weighted by Crippen LogP contribution is -2.47. The summed E-state index contributed by atoms with van der Waals surface area (Å²) in [6, 6.07) is 0. The molecule has 4 heteroatoms. The maximum atomic E-state index is 5.20. The van der Waals surface area contributed by atoms with Gasteiger partial charge in [-0.2, -0.15) is 0 Å². The first-order chi connectivity index (χ1) is 7.97.